The number of hydrogen-bond donors (Lipinski definition) is 0. The number of allylic oxidation sites excluding steroid dienone is 1. The zero-order chi connectivity index (χ0) is 23.7. The van der Waals surface area contributed by atoms with Crippen molar-refractivity contribution in [1.82, 2.24) is 4.90 Å². The molecule has 0 saturated carbocycles. The van der Waals surface area contributed by atoms with Crippen molar-refractivity contribution in [3.63, 3.8) is 0 Å². The molecule has 1 aromatic rings. The van der Waals surface area contributed by atoms with Gasteiger partial charge in [-0.1, -0.05) is 38.1 Å². The molecule has 6 heteroatoms. The van der Waals surface area contributed by atoms with Crippen LogP contribution in [0.5, 0.6) is 0 Å². The van der Waals surface area contributed by atoms with Crippen LogP contribution in [0, 0.1) is 5.92 Å². The van der Waals surface area contributed by atoms with Crippen molar-refractivity contribution < 1.29 is 14.1 Å². The number of hydrogen-bond acceptors (Lipinski definition) is 4. The molecular formula is C26H39BN2O3. The summed E-state index contributed by atoms with van der Waals surface area (Å²) in [7, 11) is -0.352. The summed E-state index contributed by atoms with van der Waals surface area (Å²) in [6.07, 6.45) is 4.57. The first kappa shape index (κ1) is 24.7. The monoisotopic (exact) mass is 438 g/mol. The molecule has 2 aliphatic rings. The van der Waals surface area contributed by atoms with Gasteiger partial charge in [-0.15, -0.1) is 0 Å². The van der Waals surface area contributed by atoms with Gasteiger partial charge in [-0.05, 0) is 76.9 Å². The number of nitrogens with zero attached hydrogens (tertiary/aromatic N) is 2. The van der Waals surface area contributed by atoms with Crippen LogP contribution in [-0.2, 0) is 14.1 Å². The van der Waals surface area contributed by atoms with Crippen LogP contribution in [0.25, 0.3) is 5.57 Å². The largest absolute Gasteiger partial charge is 0.494 e. The molecule has 3 rings (SSSR count). The van der Waals surface area contributed by atoms with Gasteiger partial charge in [-0.25, -0.2) is 0 Å². The first-order valence-corrected chi connectivity index (χ1v) is 11.9. The highest BCUT2D eigenvalue weighted by molar-refractivity contribution is 6.62. The predicted octanol–water partition coefficient (Wildman–Crippen LogP) is 4.84. The lowest BCUT2D eigenvalue weighted by Gasteiger charge is -2.32. The van der Waals surface area contributed by atoms with Crippen molar-refractivity contribution >= 4 is 29.8 Å². The smallest absolute Gasteiger partial charge is 0.399 e. The standard InChI is InChI=1S/C26H39BN2O3/c1-18(2)16-24(30)29-15-9-10-23(29)20(4)28-17-19(3)21-11-13-22(14-12-21)27-31-25(5,6)26(7,8)32-27/h11-14,17-18,23H,9-10,15-16H2,1-8H3/b19-17+,28-20+/t23-/m0/s1. The fourth-order valence-corrected chi connectivity index (χ4v) is 4.21. The molecule has 32 heavy (non-hydrogen) atoms. The maximum atomic E-state index is 12.6. The minimum absolute atomic E-state index is 0.121. The molecule has 2 aliphatic heterocycles. The van der Waals surface area contributed by atoms with Gasteiger partial charge < -0.3 is 14.2 Å². The summed E-state index contributed by atoms with van der Waals surface area (Å²) in [5, 5.41) is 0. The van der Waals surface area contributed by atoms with Gasteiger partial charge in [0.15, 0.2) is 0 Å². The van der Waals surface area contributed by atoms with Crippen LogP contribution in [-0.4, -0.2) is 47.4 Å². The molecule has 2 fully saturated rings. The topological polar surface area (TPSA) is 51.1 Å². The Morgan fingerprint density at radius 2 is 1.75 bits per heavy atom. The molecule has 0 aliphatic carbocycles. The molecule has 5 nitrogen and oxygen atoms in total. The predicted molar refractivity (Wildman–Crippen MR) is 133 cm³/mol. The van der Waals surface area contributed by atoms with E-state index in [1.807, 2.05) is 18.0 Å². The molecule has 1 atom stereocenters. The summed E-state index contributed by atoms with van der Waals surface area (Å²) in [4.78, 5) is 19.3. The molecule has 1 amide bonds. The van der Waals surface area contributed by atoms with E-state index in [-0.39, 0.29) is 30.3 Å². The SMILES string of the molecule is C/C(=C\N=C(/C)[C@@H]1CCCN1C(=O)CC(C)C)c1ccc(B2OC(C)(C)C(C)(C)O2)cc1. The maximum absolute atomic E-state index is 12.6. The third kappa shape index (κ3) is 5.35. The summed E-state index contributed by atoms with van der Waals surface area (Å²) < 4.78 is 12.3. The summed E-state index contributed by atoms with van der Waals surface area (Å²) >= 11 is 0. The van der Waals surface area contributed by atoms with Gasteiger partial charge in [-0.2, -0.15) is 0 Å². The average Bonchev–Trinajstić information content (AvgIpc) is 3.28. The maximum Gasteiger partial charge on any atom is 0.494 e. The first-order chi connectivity index (χ1) is 14.9. The number of aliphatic imine (C=N–C) groups is 1. The fraction of sp³-hybridized carbons (Fsp3) is 0.615. The molecule has 0 unspecified atom stereocenters. The number of likely N-dealkylation sites (tertiary alicyclic amines) is 1. The third-order valence-corrected chi connectivity index (χ3v) is 6.99. The summed E-state index contributed by atoms with van der Waals surface area (Å²) in [6.45, 7) is 17.4. The van der Waals surface area contributed by atoms with Crippen LogP contribution < -0.4 is 5.46 Å². The molecule has 0 radical (unpaired) electrons. The van der Waals surface area contributed by atoms with E-state index >= 15 is 0 Å². The van der Waals surface area contributed by atoms with Gasteiger partial charge in [0.05, 0.1) is 17.2 Å². The highest BCUT2D eigenvalue weighted by atomic mass is 16.7. The second-order valence-electron chi connectivity index (χ2n) is 10.6. The van der Waals surface area contributed by atoms with Crippen LogP contribution in [0.4, 0.5) is 0 Å². The van der Waals surface area contributed by atoms with Crippen molar-refractivity contribution in [2.24, 2.45) is 10.9 Å². The van der Waals surface area contributed by atoms with E-state index in [4.69, 9.17) is 14.3 Å². The quantitative estimate of drug-likeness (QED) is 0.472. The minimum Gasteiger partial charge on any atom is -0.399 e. The van der Waals surface area contributed by atoms with Crippen molar-refractivity contribution in [1.29, 1.82) is 0 Å². The molecule has 0 spiro atoms. The zero-order valence-corrected chi connectivity index (χ0v) is 21.1. The Labute approximate surface area is 194 Å². The Balaban J connectivity index is 1.68. The van der Waals surface area contributed by atoms with E-state index in [0.29, 0.717) is 12.3 Å². The first-order valence-electron chi connectivity index (χ1n) is 11.9. The summed E-state index contributed by atoms with van der Waals surface area (Å²) in [6, 6.07) is 8.43. The molecule has 0 N–H and O–H groups in total. The van der Waals surface area contributed by atoms with E-state index in [1.54, 1.807) is 0 Å². The Morgan fingerprint density at radius 1 is 1.16 bits per heavy atom. The highest BCUT2D eigenvalue weighted by Gasteiger charge is 2.51. The van der Waals surface area contributed by atoms with Crippen LogP contribution in [0.2, 0.25) is 0 Å². The fourth-order valence-electron chi connectivity index (χ4n) is 4.21. The molecule has 2 saturated heterocycles. The number of amides is 1. The van der Waals surface area contributed by atoms with Crippen molar-refractivity contribution in [2.75, 3.05) is 6.54 Å². The number of benzene rings is 1. The van der Waals surface area contributed by atoms with Gasteiger partial charge in [0.25, 0.3) is 0 Å². The number of carbonyl (C=O) groups excluding carboxylic acids is 1. The molecule has 0 bridgehead atoms. The molecule has 1 aromatic carbocycles. The minimum atomic E-state index is -0.352. The van der Waals surface area contributed by atoms with E-state index in [0.717, 1.165) is 41.7 Å². The van der Waals surface area contributed by atoms with Gasteiger partial charge in [0.2, 0.25) is 5.91 Å². The van der Waals surface area contributed by atoms with Gasteiger partial charge in [0, 0.05) is 24.9 Å². The zero-order valence-electron chi connectivity index (χ0n) is 21.1. The summed E-state index contributed by atoms with van der Waals surface area (Å²) in [5.74, 6) is 0.624. The Kier molecular flexibility index (Phi) is 7.36. The lowest BCUT2D eigenvalue weighted by molar-refractivity contribution is -0.131. The van der Waals surface area contributed by atoms with E-state index in [1.165, 1.54) is 0 Å². The highest BCUT2D eigenvalue weighted by Crippen LogP contribution is 2.36. The molecule has 174 valence electrons. The van der Waals surface area contributed by atoms with E-state index < -0.39 is 0 Å². The van der Waals surface area contributed by atoms with Crippen LogP contribution in [0.15, 0.2) is 35.5 Å². The molecule has 0 aromatic heterocycles. The van der Waals surface area contributed by atoms with E-state index in [2.05, 4.69) is 72.7 Å². The van der Waals surface area contributed by atoms with Crippen molar-refractivity contribution in [3.8, 4) is 0 Å². The van der Waals surface area contributed by atoms with Gasteiger partial charge in [0.1, 0.15) is 0 Å². The van der Waals surface area contributed by atoms with Gasteiger partial charge >= 0.3 is 7.12 Å². The third-order valence-electron chi connectivity index (χ3n) is 6.99. The average molecular weight is 438 g/mol. The van der Waals surface area contributed by atoms with Crippen molar-refractivity contribution in [3.05, 3.63) is 36.0 Å². The Morgan fingerprint density at radius 3 is 2.31 bits per heavy atom. The summed E-state index contributed by atoms with van der Waals surface area (Å²) in [5.41, 5.74) is 3.54. The van der Waals surface area contributed by atoms with Crippen molar-refractivity contribution in [2.45, 2.75) is 91.9 Å². The molecule has 2 heterocycles. The Bertz CT molecular complexity index is 871. The van der Waals surface area contributed by atoms with Crippen LogP contribution >= 0.6 is 0 Å². The van der Waals surface area contributed by atoms with Crippen LogP contribution in [0.3, 0.4) is 0 Å². The van der Waals surface area contributed by atoms with E-state index in [9.17, 15) is 4.79 Å². The lowest BCUT2D eigenvalue weighted by Crippen LogP contribution is -2.41. The normalized spacial score (nSPS) is 23.3. The Hall–Kier alpha value is -1.92. The second-order valence-corrected chi connectivity index (χ2v) is 10.6. The lowest BCUT2D eigenvalue weighted by atomic mass is 9.78. The van der Waals surface area contributed by atoms with Gasteiger partial charge in [-0.3, -0.25) is 9.79 Å². The second kappa shape index (κ2) is 9.52. The molecular weight excluding hydrogens is 399 g/mol. The van der Waals surface area contributed by atoms with Crippen LogP contribution in [0.1, 0.15) is 80.2 Å². The number of rotatable bonds is 6. The number of carbonyl (C=O) groups is 1.